The van der Waals surface area contributed by atoms with Gasteiger partial charge in [0, 0.05) is 30.5 Å². The second-order valence-electron chi connectivity index (χ2n) is 6.25. The molecule has 1 aliphatic carbocycles. The molecular weight excluding hydrogens is 328 g/mol. The molecule has 6 nitrogen and oxygen atoms in total. The lowest BCUT2D eigenvalue weighted by molar-refractivity contribution is -0.131. The fourth-order valence-corrected chi connectivity index (χ4v) is 3.85. The number of aryl methyl sites for hydroxylation is 2. The summed E-state index contributed by atoms with van der Waals surface area (Å²) in [6, 6.07) is 5.20. The summed E-state index contributed by atoms with van der Waals surface area (Å²) in [7, 11) is 0. The fourth-order valence-electron chi connectivity index (χ4n) is 3.65. The van der Waals surface area contributed by atoms with E-state index in [2.05, 4.69) is 10.3 Å². The number of imide groups is 1. The van der Waals surface area contributed by atoms with Crippen LogP contribution < -0.4 is 5.32 Å². The van der Waals surface area contributed by atoms with Crippen LogP contribution in [0.1, 0.15) is 24.0 Å². The molecule has 24 heavy (non-hydrogen) atoms. The Labute approximate surface area is 144 Å². The minimum Gasteiger partial charge on any atom is -0.337 e. The van der Waals surface area contributed by atoms with Crippen molar-refractivity contribution in [3.63, 3.8) is 0 Å². The van der Waals surface area contributed by atoms with Crippen LogP contribution in [0.5, 0.6) is 0 Å². The Bertz CT molecular complexity index is 805. The Hall–Kier alpha value is -2.34. The van der Waals surface area contributed by atoms with Crippen LogP contribution in [0.25, 0.3) is 0 Å². The zero-order chi connectivity index (χ0) is 16.7. The lowest BCUT2D eigenvalue weighted by Crippen LogP contribution is -2.42. The summed E-state index contributed by atoms with van der Waals surface area (Å²) >= 11 is 6.04. The molecule has 0 radical (unpaired) electrons. The third-order valence-electron chi connectivity index (χ3n) is 4.83. The molecule has 0 bridgehead atoms. The van der Waals surface area contributed by atoms with Gasteiger partial charge in [-0.1, -0.05) is 17.7 Å². The predicted octanol–water partition coefficient (Wildman–Crippen LogP) is 2.32. The molecule has 1 aromatic heterocycles. The summed E-state index contributed by atoms with van der Waals surface area (Å²) in [6.07, 6.45) is 7.33. The third kappa shape index (κ3) is 2.29. The van der Waals surface area contributed by atoms with Gasteiger partial charge in [0.25, 0.3) is 5.91 Å². The van der Waals surface area contributed by atoms with Crippen molar-refractivity contribution in [1.82, 2.24) is 19.8 Å². The van der Waals surface area contributed by atoms with Gasteiger partial charge in [0.05, 0.1) is 6.33 Å². The van der Waals surface area contributed by atoms with Gasteiger partial charge in [-0.25, -0.2) is 9.78 Å². The largest absolute Gasteiger partial charge is 0.337 e. The van der Waals surface area contributed by atoms with Crippen LogP contribution in [0.2, 0.25) is 5.02 Å². The van der Waals surface area contributed by atoms with Crippen molar-refractivity contribution < 1.29 is 9.59 Å². The standard InChI is InChI=1S/C17H17ClN4O2/c18-13-2-3-14-12(10-13)4-5-17(14)15(23)22(16(24)20-17)8-1-7-21-9-6-19-11-21/h2-3,6,9-11H,1,4-5,7-8H2,(H,20,24)/t17-/m0/s1. The number of rotatable bonds is 4. The molecular formula is C17H17ClN4O2. The maximum absolute atomic E-state index is 13.0. The van der Waals surface area contributed by atoms with Gasteiger partial charge in [-0.3, -0.25) is 9.69 Å². The van der Waals surface area contributed by atoms with Crippen molar-refractivity contribution in [3.05, 3.63) is 53.1 Å². The maximum Gasteiger partial charge on any atom is 0.325 e. The second kappa shape index (κ2) is 5.63. The number of amides is 3. The quantitative estimate of drug-likeness (QED) is 0.865. The normalized spacial score (nSPS) is 22.3. The summed E-state index contributed by atoms with van der Waals surface area (Å²) in [6.45, 7) is 1.11. The molecule has 3 amide bonds. The molecule has 1 spiro atoms. The first-order valence-electron chi connectivity index (χ1n) is 7.99. The molecule has 1 saturated heterocycles. The highest BCUT2D eigenvalue weighted by molar-refractivity contribution is 6.30. The summed E-state index contributed by atoms with van der Waals surface area (Å²) in [5.41, 5.74) is 1.00. The highest BCUT2D eigenvalue weighted by Gasteiger charge is 2.54. The number of aromatic nitrogens is 2. The van der Waals surface area contributed by atoms with Crippen molar-refractivity contribution in [2.24, 2.45) is 0 Å². The summed E-state index contributed by atoms with van der Waals surface area (Å²) < 4.78 is 1.93. The van der Waals surface area contributed by atoms with E-state index in [1.807, 2.05) is 22.9 Å². The highest BCUT2D eigenvalue weighted by atomic mass is 35.5. The molecule has 124 valence electrons. The number of nitrogens with zero attached hydrogens (tertiary/aromatic N) is 3. The van der Waals surface area contributed by atoms with Gasteiger partial charge in [0.2, 0.25) is 0 Å². The molecule has 1 aromatic carbocycles. The number of hydrogen-bond acceptors (Lipinski definition) is 3. The molecule has 1 fully saturated rings. The van der Waals surface area contributed by atoms with Gasteiger partial charge < -0.3 is 9.88 Å². The minimum atomic E-state index is -0.911. The maximum atomic E-state index is 13.0. The number of hydrogen-bond donors (Lipinski definition) is 1. The molecule has 1 atom stereocenters. The topological polar surface area (TPSA) is 67.2 Å². The van der Waals surface area contributed by atoms with Crippen LogP contribution in [-0.2, 0) is 23.3 Å². The monoisotopic (exact) mass is 344 g/mol. The van der Waals surface area contributed by atoms with E-state index in [9.17, 15) is 9.59 Å². The number of carbonyl (C=O) groups is 2. The second-order valence-corrected chi connectivity index (χ2v) is 6.68. The van der Waals surface area contributed by atoms with Crippen LogP contribution in [0, 0.1) is 0 Å². The SMILES string of the molecule is O=C1N[C@]2(CCc3cc(Cl)ccc32)C(=O)N1CCCn1ccnc1. The number of carbonyl (C=O) groups excluding carboxylic acids is 2. The lowest BCUT2D eigenvalue weighted by Gasteiger charge is -2.22. The Morgan fingerprint density at radius 3 is 2.96 bits per heavy atom. The van der Waals surface area contributed by atoms with E-state index in [1.165, 1.54) is 4.90 Å². The van der Waals surface area contributed by atoms with Gasteiger partial charge in [0.1, 0.15) is 5.54 Å². The zero-order valence-electron chi connectivity index (χ0n) is 13.0. The molecule has 4 rings (SSSR count). The Kier molecular flexibility index (Phi) is 3.57. The van der Waals surface area contributed by atoms with Crippen LogP contribution in [0.15, 0.2) is 36.9 Å². The van der Waals surface area contributed by atoms with E-state index < -0.39 is 5.54 Å². The molecule has 1 aliphatic heterocycles. The molecule has 0 saturated carbocycles. The minimum absolute atomic E-state index is 0.154. The first-order valence-corrected chi connectivity index (χ1v) is 8.37. The fraction of sp³-hybridized carbons (Fsp3) is 0.353. The van der Waals surface area contributed by atoms with E-state index in [-0.39, 0.29) is 11.9 Å². The highest BCUT2D eigenvalue weighted by Crippen LogP contribution is 2.42. The Morgan fingerprint density at radius 2 is 2.17 bits per heavy atom. The molecule has 2 heterocycles. The predicted molar refractivity (Wildman–Crippen MR) is 88.5 cm³/mol. The van der Waals surface area contributed by atoms with E-state index in [0.29, 0.717) is 24.4 Å². The average Bonchev–Trinajstić information content (AvgIpc) is 3.24. The van der Waals surface area contributed by atoms with Crippen molar-refractivity contribution in [1.29, 1.82) is 0 Å². The van der Waals surface area contributed by atoms with Crippen molar-refractivity contribution in [2.45, 2.75) is 31.3 Å². The van der Waals surface area contributed by atoms with Crippen LogP contribution in [-0.4, -0.2) is 32.9 Å². The zero-order valence-corrected chi connectivity index (χ0v) is 13.8. The molecule has 1 N–H and O–H groups in total. The van der Waals surface area contributed by atoms with Gasteiger partial charge >= 0.3 is 6.03 Å². The number of benzene rings is 1. The van der Waals surface area contributed by atoms with Gasteiger partial charge in [-0.2, -0.15) is 0 Å². The Balaban J connectivity index is 1.52. The third-order valence-corrected chi connectivity index (χ3v) is 5.06. The summed E-state index contributed by atoms with van der Waals surface area (Å²) in [5, 5.41) is 3.58. The molecule has 0 unspecified atom stereocenters. The molecule has 2 aromatic rings. The van der Waals surface area contributed by atoms with E-state index in [4.69, 9.17) is 11.6 Å². The smallest absolute Gasteiger partial charge is 0.325 e. The summed E-state index contributed by atoms with van der Waals surface area (Å²) in [5.74, 6) is -0.154. The average molecular weight is 345 g/mol. The number of urea groups is 1. The van der Waals surface area contributed by atoms with E-state index in [0.717, 1.165) is 24.1 Å². The molecule has 2 aliphatic rings. The first kappa shape index (κ1) is 15.2. The van der Waals surface area contributed by atoms with Gasteiger partial charge in [0.15, 0.2) is 0 Å². The number of nitrogens with one attached hydrogen (secondary N) is 1. The summed E-state index contributed by atoms with van der Waals surface area (Å²) in [4.78, 5) is 30.7. The van der Waals surface area contributed by atoms with Crippen molar-refractivity contribution in [3.8, 4) is 0 Å². The van der Waals surface area contributed by atoms with E-state index in [1.54, 1.807) is 18.6 Å². The lowest BCUT2D eigenvalue weighted by atomic mass is 9.92. The van der Waals surface area contributed by atoms with Gasteiger partial charge in [-0.15, -0.1) is 0 Å². The first-order chi connectivity index (χ1) is 11.6. The van der Waals surface area contributed by atoms with Crippen LogP contribution in [0.3, 0.4) is 0 Å². The van der Waals surface area contributed by atoms with Crippen LogP contribution >= 0.6 is 11.6 Å². The number of imidazole rings is 1. The van der Waals surface area contributed by atoms with Crippen molar-refractivity contribution in [2.75, 3.05) is 6.54 Å². The molecule has 7 heteroatoms. The van der Waals surface area contributed by atoms with Crippen LogP contribution in [0.4, 0.5) is 4.79 Å². The van der Waals surface area contributed by atoms with E-state index >= 15 is 0 Å². The number of halogens is 1. The van der Waals surface area contributed by atoms with Gasteiger partial charge in [-0.05, 0) is 42.5 Å². The Morgan fingerprint density at radius 1 is 1.29 bits per heavy atom. The van der Waals surface area contributed by atoms with Crippen molar-refractivity contribution >= 4 is 23.5 Å². The number of fused-ring (bicyclic) bond motifs is 2.